The first-order valence-electron chi connectivity index (χ1n) is 18.5. The van der Waals surface area contributed by atoms with Gasteiger partial charge in [0.25, 0.3) is 0 Å². The first kappa shape index (κ1) is 30.0. The molecule has 0 spiro atoms. The number of hydrogen-bond acceptors (Lipinski definition) is 1. The Kier molecular flexibility index (Phi) is 6.33. The molecule has 0 atom stereocenters. The maximum Gasteiger partial charge on any atom is 0.0545 e. The number of anilines is 3. The number of fused-ring (bicyclic) bond motifs is 12. The van der Waals surface area contributed by atoms with E-state index in [1.54, 1.807) is 0 Å². The summed E-state index contributed by atoms with van der Waals surface area (Å²) in [5.41, 5.74) is 12.1. The maximum atomic E-state index is 2.46. The Morgan fingerprint density at radius 2 is 0.887 bits per heavy atom. The SMILES string of the molecule is CC1(C)c2ccccc2N(c2ccccc2)c2ccc3c(c21)c1cc(-c2ccc4c5ccccc5c5ccccc5c4c2)ccc1n3-c1ccccc1. The summed E-state index contributed by atoms with van der Waals surface area (Å²) < 4.78 is 2.46. The molecular formula is C51H36N2. The van der Waals surface area contributed by atoms with Crippen molar-refractivity contribution >= 4 is 71.2 Å². The fraction of sp³-hybridized carbons (Fsp3) is 0.0588. The monoisotopic (exact) mass is 676 g/mol. The first-order valence-corrected chi connectivity index (χ1v) is 18.5. The van der Waals surface area contributed by atoms with Gasteiger partial charge in [0, 0.05) is 27.6 Å². The molecule has 0 saturated heterocycles. The second kappa shape index (κ2) is 11.2. The second-order valence-electron chi connectivity index (χ2n) is 14.9. The number of hydrogen-bond donors (Lipinski definition) is 0. The second-order valence-corrected chi connectivity index (χ2v) is 14.9. The largest absolute Gasteiger partial charge is 0.310 e. The van der Waals surface area contributed by atoms with Crippen LogP contribution in [0.1, 0.15) is 25.0 Å². The van der Waals surface area contributed by atoms with Gasteiger partial charge in [-0.2, -0.15) is 0 Å². The van der Waals surface area contributed by atoms with E-state index in [-0.39, 0.29) is 5.41 Å². The van der Waals surface area contributed by atoms with E-state index in [1.807, 2.05) is 0 Å². The van der Waals surface area contributed by atoms with Crippen molar-refractivity contribution in [2.24, 2.45) is 0 Å². The third-order valence-electron chi connectivity index (χ3n) is 11.7. The van der Waals surface area contributed by atoms with Crippen LogP contribution in [-0.2, 0) is 5.41 Å². The van der Waals surface area contributed by atoms with E-state index >= 15 is 0 Å². The normalized spacial score (nSPS) is 13.6. The molecule has 10 aromatic rings. The number of benzene rings is 9. The third kappa shape index (κ3) is 4.27. The van der Waals surface area contributed by atoms with Gasteiger partial charge in [-0.3, -0.25) is 0 Å². The number of aromatic nitrogens is 1. The Labute approximate surface area is 308 Å². The van der Waals surface area contributed by atoms with Gasteiger partial charge in [-0.25, -0.2) is 0 Å². The van der Waals surface area contributed by atoms with E-state index in [2.05, 4.69) is 205 Å². The van der Waals surface area contributed by atoms with E-state index in [1.165, 1.54) is 93.4 Å². The summed E-state index contributed by atoms with van der Waals surface area (Å²) in [7, 11) is 0. The van der Waals surface area contributed by atoms with E-state index in [9.17, 15) is 0 Å². The molecule has 1 aliphatic rings. The van der Waals surface area contributed by atoms with Gasteiger partial charge < -0.3 is 9.47 Å². The fourth-order valence-electron chi connectivity index (χ4n) is 9.36. The number of nitrogens with zero attached hydrogens (tertiary/aromatic N) is 2. The van der Waals surface area contributed by atoms with E-state index in [4.69, 9.17) is 0 Å². The Balaban J connectivity index is 1.23. The zero-order valence-corrected chi connectivity index (χ0v) is 29.7. The quantitative estimate of drug-likeness (QED) is 0.169. The van der Waals surface area contributed by atoms with Gasteiger partial charge in [-0.15, -0.1) is 0 Å². The standard InChI is InChI=1S/C51H36N2/c1-51(2)44-23-13-14-24-46(44)53(36-17-7-4-8-18-36)48-30-29-47-49(50(48)51)43-32-34(26-28-45(43)52(47)35-15-5-3-6-16-35)33-25-27-41-39-21-10-9-19-37(39)38-20-11-12-22-40(38)42(41)31-33/h3-32H,1-2H3. The van der Waals surface area contributed by atoms with E-state index in [0.717, 1.165) is 5.69 Å². The van der Waals surface area contributed by atoms with Crippen molar-refractivity contribution in [1.82, 2.24) is 4.57 Å². The number of para-hydroxylation sites is 3. The summed E-state index contributed by atoms with van der Waals surface area (Å²) in [6.45, 7) is 4.81. The Morgan fingerprint density at radius 3 is 1.57 bits per heavy atom. The molecular weight excluding hydrogens is 641 g/mol. The molecule has 0 saturated carbocycles. The average Bonchev–Trinajstić information content (AvgIpc) is 3.55. The van der Waals surface area contributed by atoms with Crippen LogP contribution >= 0.6 is 0 Å². The maximum absolute atomic E-state index is 2.46. The predicted octanol–water partition coefficient (Wildman–Crippen LogP) is 14.0. The fourth-order valence-corrected chi connectivity index (χ4v) is 9.36. The van der Waals surface area contributed by atoms with Crippen LogP contribution in [0.3, 0.4) is 0 Å². The van der Waals surface area contributed by atoms with Crippen molar-refractivity contribution in [1.29, 1.82) is 0 Å². The highest BCUT2D eigenvalue weighted by Gasteiger charge is 2.39. The molecule has 0 aliphatic carbocycles. The van der Waals surface area contributed by atoms with Gasteiger partial charge in [0.1, 0.15) is 0 Å². The van der Waals surface area contributed by atoms with Gasteiger partial charge >= 0.3 is 0 Å². The molecule has 250 valence electrons. The van der Waals surface area contributed by atoms with Crippen LogP contribution in [0.5, 0.6) is 0 Å². The Morgan fingerprint density at radius 1 is 0.377 bits per heavy atom. The molecule has 53 heavy (non-hydrogen) atoms. The molecule has 0 radical (unpaired) electrons. The average molecular weight is 677 g/mol. The summed E-state index contributed by atoms with van der Waals surface area (Å²) in [6.07, 6.45) is 0. The van der Waals surface area contributed by atoms with Crippen LogP contribution in [0.4, 0.5) is 17.1 Å². The van der Waals surface area contributed by atoms with Crippen LogP contribution in [0.15, 0.2) is 182 Å². The topological polar surface area (TPSA) is 8.17 Å². The van der Waals surface area contributed by atoms with Gasteiger partial charge in [0.2, 0.25) is 0 Å². The lowest BCUT2D eigenvalue weighted by Gasteiger charge is -2.42. The molecule has 0 N–H and O–H groups in total. The van der Waals surface area contributed by atoms with Crippen LogP contribution in [-0.4, -0.2) is 4.57 Å². The minimum atomic E-state index is -0.258. The smallest absolute Gasteiger partial charge is 0.0545 e. The van der Waals surface area contributed by atoms with Gasteiger partial charge in [-0.05, 0) is 115 Å². The van der Waals surface area contributed by atoms with Crippen molar-refractivity contribution in [2.45, 2.75) is 19.3 Å². The third-order valence-corrected chi connectivity index (χ3v) is 11.7. The van der Waals surface area contributed by atoms with Crippen molar-refractivity contribution in [3.8, 4) is 16.8 Å². The Bertz CT molecular complexity index is 3040. The molecule has 2 nitrogen and oxygen atoms in total. The molecule has 2 heterocycles. The summed E-state index contributed by atoms with van der Waals surface area (Å²) in [5.74, 6) is 0. The summed E-state index contributed by atoms with van der Waals surface area (Å²) in [4.78, 5) is 2.46. The molecule has 1 aromatic heterocycles. The van der Waals surface area contributed by atoms with Crippen molar-refractivity contribution in [3.63, 3.8) is 0 Å². The summed E-state index contributed by atoms with van der Waals surface area (Å²) in [5, 5.41) is 10.3. The molecule has 9 aromatic carbocycles. The van der Waals surface area contributed by atoms with Crippen molar-refractivity contribution in [2.75, 3.05) is 4.90 Å². The molecule has 1 aliphatic heterocycles. The van der Waals surface area contributed by atoms with E-state index in [0.29, 0.717) is 0 Å². The van der Waals surface area contributed by atoms with Gasteiger partial charge in [0.05, 0.1) is 22.4 Å². The Hall–Kier alpha value is -6.64. The lowest BCUT2D eigenvalue weighted by atomic mass is 9.72. The molecule has 0 bridgehead atoms. The van der Waals surface area contributed by atoms with Crippen molar-refractivity contribution in [3.05, 3.63) is 193 Å². The molecule has 2 heteroatoms. The zero-order valence-electron chi connectivity index (χ0n) is 29.7. The lowest BCUT2D eigenvalue weighted by molar-refractivity contribution is 0.638. The predicted molar refractivity (Wildman–Crippen MR) is 226 cm³/mol. The zero-order chi connectivity index (χ0) is 35.3. The minimum absolute atomic E-state index is 0.258. The van der Waals surface area contributed by atoms with Crippen LogP contribution in [0.2, 0.25) is 0 Å². The highest BCUT2D eigenvalue weighted by atomic mass is 15.2. The first-order chi connectivity index (χ1) is 26.1. The highest BCUT2D eigenvalue weighted by Crippen LogP contribution is 2.55. The summed E-state index contributed by atoms with van der Waals surface area (Å²) >= 11 is 0. The summed E-state index contributed by atoms with van der Waals surface area (Å²) in [6, 6.07) is 67.1. The highest BCUT2D eigenvalue weighted by molar-refractivity contribution is 6.26. The molecule has 11 rings (SSSR count). The van der Waals surface area contributed by atoms with Crippen LogP contribution in [0, 0.1) is 0 Å². The van der Waals surface area contributed by atoms with E-state index < -0.39 is 0 Å². The van der Waals surface area contributed by atoms with Crippen LogP contribution < -0.4 is 4.90 Å². The minimum Gasteiger partial charge on any atom is -0.310 e. The molecule has 0 fully saturated rings. The van der Waals surface area contributed by atoms with Gasteiger partial charge in [0.15, 0.2) is 0 Å². The lowest BCUT2D eigenvalue weighted by Crippen LogP contribution is -2.30. The molecule has 0 unspecified atom stereocenters. The molecule has 0 amide bonds. The van der Waals surface area contributed by atoms with Crippen molar-refractivity contribution < 1.29 is 0 Å². The number of rotatable bonds is 3. The van der Waals surface area contributed by atoms with Gasteiger partial charge in [-0.1, -0.05) is 135 Å². The van der Waals surface area contributed by atoms with Crippen LogP contribution in [0.25, 0.3) is 70.9 Å².